The summed E-state index contributed by atoms with van der Waals surface area (Å²) in [7, 11) is 0. The van der Waals surface area contributed by atoms with Gasteiger partial charge >= 0.3 is 6.03 Å². The molecule has 0 spiro atoms. The number of carbonyl (C=O) groups excluding carboxylic acids is 2. The van der Waals surface area contributed by atoms with Crippen LogP contribution in [0.25, 0.3) is 10.2 Å². The lowest BCUT2D eigenvalue weighted by molar-refractivity contribution is -0.130. The first-order chi connectivity index (χ1) is 11.5. The number of fused-ring (bicyclic) bond motifs is 1. The molecule has 2 heterocycles. The molecule has 2 aromatic rings. The van der Waals surface area contributed by atoms with E-state index >= 15 is 0 Å². The van der Waals surface area contributed by atoms with E-state index in [1.165, 1.54) is 0 Å². The Bertz CT molecular complexity index is 710. The molecule has 1 aliphatic rings. The van der Waals surface area contributed by atoms with Gasteiger partial charge in [-0.1, -0.05) is 12.1 Å². The molecule has 1 aliphatic heterocycles. The number of hydrogen-bond donors (Lipinski definition) is 2. The summed E-state index contributed by atoms with van der Waals surface area (Å²) >= 11 is 1.64. The summed E-state index contributed by atoms with van der Waals surface area (Å²) in [4.78, 5) is 30.5. The van der Waals surface area contributed by atoms with Gasteiger partial charge in [-0.3, -0.25) is 4.79 Å². The number of carbonyl (C=O) groups is 2. The largest absolute Gasteiger partial charge is 0.338 e. The summed E-state index contributed by atoms with van der Waals surface area (Å²) in [5, 5.41) is 6.58. The molecule has 0 aliphatic carbocycles. The van der Waals surface area contributed by atoms with Crippen molar-refractivity contribution in [2.24, 2.45) is 0 Å². The van der Waals surface area contributed by atoms with Gasteiger partial charge in [0.25, 0.3) is 0 Å². The van der Waals surface area contributed by atoms with Crippen molar-refractivity contribution in [3.8, 4) is 0 Å². The van der Waals surface area contributed by atoms with Crippen molar-refractivity contribution in [2.75, 3.05) is 13.1 Å². The summed E-state index contributed by atoms with van der Waals surface area (Å²) in [5.74, 6) is 0.00585. The monoisotopic (exact) mass is 346 g/mol. The number of benzene rings is 1. The van der Waals surface area contributed by atoms with Crippen LogP contribution in [-0.4, -0.2) is 47.0 Å². The van der Waals surface area contributed by atoms with E-state index in [1.807, 2.05) is 38.1 Å². The first-order valence-corrected chi connectivity index (χ1v) is 9.05. The molecule has 0 radical (unpaired) electrons. The third-order valence-electron chi connectivity index (χ3n) is 4.13. The number of hydrogen-bond acceptors (Lipinski definition) is 4. The van der Waals surface area contributed by atoms with Crippen molar-refractivity contribution >= 4 is 33.5 Å². The van der Waals surface area contributed by atoms with Crippen LogP contribution in [0.5, 0.6) is 0 Å². The molecule has 1 aromatic carbocycles. The fourth-order valence-electron chi connectivity index (χ4n) is 2.87. The van der Waals surface area contributed by atoms with Crippen molar-refractivity contribution in [2.45, 2.75) is 38.8 Å². The summed E-state index contributed by atoms with van der Waals surface area (Å²) in [5.41, 5.74) is 0.993. The first kappa shape index (κ1) is 16.7. The van der Waals surface area contributed by atoms with Crippen LogP contribution in [0.2, 0.25) is 0 Å². The van der Waals surface area contributed by atoms with E-state index in [0.29, 0.717) is 25.9 Å². The smallest absolute Gasteiger partial charge is 0.315 e. The molecule has 1 atom stereocenters. The maximum Gasteiger partial charge on any atom is 0.315 e. The van der Waals surface area contributed by atoms with Crippen LogP contribution in [0.4, 0.5) is 4.79 Å². The molecular formula is C17H22N4O2S. The van der Waals surface area contributed by atoms with E-state index in [1.54, 1.807) is 16.2 Å². The number of rotatable bonds is 5. The Morgan fingerprint density at radius 2 is 2.21 bits per heavy atom. The number of para-hydroxylation sites is 1. The molecule has 1 unspecified atom stereocenters. The van der Waals surface area contributed by atoms with Crippen LogP contribution in [-0.2, 0) is 11.2 Å². The number of amides is 3. The molecule has 0 bridgehead atoms. The maximum atomic E-state index is 12.2. The Morgan fingerprint density at radius 1 is 1.42 bits per heavy atom. The van der Waals surface area contributed by atoms with Gasteiger partial charge in [0.2, 0.25) is 5.91 Å². The summed E-state index contributed by atoms with van der Waals surface area (Å²) in [6.07, 6.45) is 1.35. The number of nitrogens with one attached hydrogen (secondary N) is 2. The second-order valence-electron chi connectivity index (χ2n) is 6.19. The number of aromatic nitrogens is 1. The van der Waals surface area contributed by atoms with E-state index in [4.69, 9.17) is 0 Å². The Kier molecular flexibility index (Phi) is 4.99. The van der Waals surface area contributed by atoms with Gasteiger partial charge in [0, 0.05) is 25.6 Å². The predicted octanol–water partition coefficient (Wildman–Crippen LogP) is 2.15. The molecule has 3 rings (SSSR count). The second-order valence-corrected chi connectivity index (χ2v) is 7.31. The van der Waals surface area contributed by atoms with Crippen molar-refractivity contribution in [3.05, 3.63) is 29.3 Å². The molecular weight excluding hydrogens is 324 g/mol. The van der Waals surface area contributed by atoms with Crippen molar-refractivity contribution in [1.82, 2.24) is 20.5 Å². The summed E-state index contributed by atoms with van der Waals surface area (Å²) in [6, 6.07) is 7.47. The zero-order valence-corrected chi connectivity index (χ0v) is 14.7. The summed E-state index contributed by atoms with van der Waals surface area (Å²) in [6.45, 7) is 5.17. The van der Waals surface area contributed by atoms with Crippen molar-refractivity contribution in [1.29, 1.82) is 0 Å². The van der Waals surface area contributed by atoms with Gasteiger partial charge in [0.05, 0.1) is 15.2 Å². The van der Waals surface area contributed by atoms with Gasteiger partial charge in [0.1, 0.15) is 6.04 Å². The summed E-state index contributed by atoms with van der Waals surface area (Å²) < 4.78 is 1.15. The zero-order valence-electron chi connectivity index (χ0n) is 13.9. The highest BCUT2D eigenvalue weighted by atomic mass is 32.1. The lowest BCUT2D eigenvalue weighted by atomic mass is 10.2. The highest BCUT2D eigenvalue weighted by molar-refractivity contribution is 7.18. The van der Waals surface area contributed by atoms with Gasteiger partial charge in [0.15, 0.2) is 0 Å². The minimum atomic E-state index is -0.408. The Hall–Kier alpha value is -2.15. The van der Waals surface area contributed by atoms with Gasteiger partial charge < -0.3 is 15.5 Å². The topological polar surface area (TPSA) is 74.3 Å². The molecule has 2 N–H and O–H groups in total. The molecule has 128 valence electrons. The third-order valence-corrected chi connectivity index (χ3v) is 5.23. The maximum absolute atomic E-state index is 12.2. The van der Waals surface area contributed by atoms with Gasteiger partial charge in [-0.15, -0.1) is 11.3 Å². The second kappa shape index (κ2) is 7.17. The van der Waals surface area contributed by atoms with Crippen LogP contribution in [0, 0.1) is 0 Å². The number of likely N-dealkylation sites (tertiary alicyclic amines) is 1. The van der Waals surface area contributed by atoms with E-state index < -0.39 is 6.04 Å². The minimum absolute atomic E-state index is 0.00585. The molecule has 1 saturated heterocycles. The van der Waals surface area contributed by atoms with E-state index in [-0.39, 0.29) is 18.0 Å². The molecule has 1 fully saturated rings. The van der Waals surface area contributed by atoms with Crippen LogP contribution in [0.15, 0.2) is 24.3 Å². The average molecular weight is 346 g/mol. The van der Waals surface area contributed by atoms with Gasteiger partial charge in [-0.25, -0.2) is 9.78 Å². The predicted molar refractivity (Wildman–Crippen MR) is 95.1 cm³/mol. The van der Waals surface area contributed by atoms with Gasteiger partial charge in [-0.05, 0) is 32.4 Å². The normalized spacial score (nSPS) is 17.7. The standard InChI is InChI=1S/C17H22N4O2S/c1-11(2)21-10-8-13(16(21)22)20-17(23)18-9-7-15-19-12-5-3-4-6-14(12)24-15/h3-6,11,13H,7-10H2,1-2H3,(H2,18,20,23). The average Bonchev–Trinajstić information content (AvgIpc) is 3.11. The highest BCUT2D eigenvalue weighted by Crippen LogP contribution is 2.21. The first-order valence-electron chi connectivity index (χ1n) is 8.24. The fourth-order valence-corrected chi connectivity index (χ4v) is 3.83. The van der Waals surface area contributed by atoms with E-state index in [9.17, 15) is 9.59 Å². The third kappa shape index (κ3) is 3.67. The van der Waals surface area contributed by atoms with Gasteiger partial charge in [-0.2, -0.15) is 0 Å². The van der Waals surface area contributed by atoms with Crippen LogP contribution in [0.1, 0.15) is 25.3 Å². The highest BCUT2D eigenvalue weighted by Gasteiger charge is 2.33. The van der Waals surface area contributed by atoms with E-state index in [2.05, 4.69) is 15.6 Å². The lowest BCUT2D eigenvalue weighted by Gasteiger charge is -2.21. The Balaban J connectivity index is 1.45. The SMILES string of the molecule is CC(C)N1CCC(NC(=O)NCCc2nc3ccccc3s2)C1=O. The lowest BCUT2D eigenvalue weighted by Crippen LogP contribution is -2.47. The van der Waals surface area contributed by atoms with Crippen LogP contribution >= 0.6 is 11.3 Å². The fraction of sp³-hybridized carbons (Fsp3) is 0.471. The number of nitrogens with zero attached hydrogens (tertiary/aromatic N) is 2. The molecule has 6 nitrogen and oxygen atoms in total. The van der Waals surface area contributed by atoms with Crippen molar-refractivity contribution in [3.63, 3.8) is 0 Å². The number of thiazole rings is 1. The Labute approximate surface area is 145 Å². The quantitative estimate of drug-likeness (QED) is 0.871. The molecule has 7 heteroatoms. The van der Waals surface area contributed by atoms with Crippen molar-refractivity contribution < 1.29 is 9.59 Å². The molecule has 1 aromatic heterocycles. The zero-order chi connectivity index (χ0) is 17.1. The molecule has 3 amide bonds. The van der Waals surface area contributed by atoms with E-state index in [0.717, 1.165) is 15.2 Å². The van der Waals surface area contributed by atoms with Crippen LogP contribution in [0.3, 0.4) is 0 Å². The number of urea groups is 1. The minimum Gasteiger partial charge on any atom is -0.338 e. The Morgan fingerprint density at radius 3 is 2.92 bits per heavy atom. The van der Waals surface area contributed by atoms with Crippen LogP contribution < -0.4 is 10.6 Å². The molecule has 24 heavy (non-hydrogen) atoms. The molecule has 0 saturated carbocycles.